The maximum atomic E-state index is 13.5. The van der Waals surface area contributed by atoms with E-state index in [1.54, 1.807) is 0 Å². The molecule has 0 unspecified atom stereocenters. The monoisotopic (exact) mass is 395 g/mol. The zero-order valence-corrected chi connectivity index (χ0v) is 19.1. The standard InChI is InChI=1S/C25H37N3O/c1-7-27(8-2)18-9-10-22-20(11-18)23(29)21(17(3)26-22)14-28-16-25(6)13-19(28)12-24(4,5)15-25/h9-11,19H,7-8,12-16H2,1-6H3,(H,26,29)/t19-,25+/m0/s1. The van der Waals surface area contributed by atoms with Crippen LogP contribution in [0, 0.1) is 17.8 Å². The molecule has 1 aliphatic heterocycles. The molecule has 0 spiro atoms. The fourth-order valence-electron chi connectivity index (χ4n) is 6.38. The van der Waals surface area contributed by atoms with Gasteiger partial charge in [-0.15, -0.1) is 0 Å². The Bertz CT molecular complexity index is 972. The third kappa shape index (κ3) is 3.72. The van der Waals surface area contributed by atoms with E-state index in [1.807, 2.05) is 0 Å². The molecule has 4 heteroatoms. The first-order chi connectivity index (χ1) is 13.6. The van der Waals surface area contributed by atoms with Crippen molar-refractivity contribution in [2.24, 2.45) is 10.8 Å². The Labute approximate surface area is 175 Å². The maximum Gasteiger partial charge on any atom is 0.194 e. The van der Waals surface area contributed by atoms with Crippen LogP contribution in [-0.2, 0) is 6.54 Å². The number of aryl methyl sites for hydroxylation is 1. The van der Waals surface area contributed by atoms with Crippen molar-refractivity contribution >= 4 is 16.6 Å². The van der Waals surface area contributed by atoms with Gasteiger partial charge in [0.1, 0.15) is 0 Å². The molecule has 1 saturated heterocycles. The molecule has 29 heavy (non-hydrogen) atoms. The summed E-state index contributed by atoms with van der Waals surface area (Å²) in [4.78, 5) is 21.9. The number of hydrogen-bond acceptors (Lipinski definition) is 3. The van der Waals surface area contributed by atoms with Crippen LogP contribution in [0.15, 0.2) is 23.0 Å². The summed E-state index contributed by atoms with van der Waals surface area (Å²) >= 11 is 0. The summed E-state index contributed by atoms with van der Waals surface area (Å²) in [6, 6.07) is 6.86. The van der Waals surface area contributed by atoms with Gasteiger partial charge in [0.15, 0.2) is 5.43 Å². The summed E-state index contributed by atoms with van der Waals surface area (Å²) in [5.74, 6) is 0. The van der Waals surface area contributed by atoms with Gasteiger partial charge in [0.2, 0.25) is 0 Å². The smallest absolute Gasteiger partial charge is 0.194 e. The first-order valence-corrected chi connectivity index (χ1v) is 11.3. The van der Waals surface area contributed by atoms with Crippen LogP contribution in [0.5, 0.6) is 0 Å². The van der Waals surface area contributed by atoms with Crippen LogP contribution < -0.4 is 10.3 Å². The van der Waals surface area contributed by atoms with Crippen LogP contribution in [0.3, 0.4) is 0 Å². The van der Waals surface area contributed by atoms with Crippen molar-refractivity contribution in [3.63, 3.8) is 0 Å². The first-order valence-electron chi connectivity index (χ1n) is 11.3. The highest BCUT2D eigenvalue weighted by Crippen LogP contribution is 2.52. The number of nitrogens with zero attached hydrogens (tertiary/aromatic N) is 2. The second-order valence-electron chi connectivity index (χ2n) is 10.6. The topological polar surface area (TPSA) is 39.3 Å². The summed E-state index contributed by atoms with van der Waals surface area (Å²) in [5.41, 5.74) is 5.04. The van der Waals surface area contributed by atoms with E-state index in [0.29, 0.717) is 16.9 Å². The van der Waals surface area contributed by atoms with Gasteiger partial charge in [-0.25, -0.2) is 0 Å². The van der Waals surface area contributed by atoms with Crippen molar-refractivity contribution in [2.75, 3.05) is 24.5 Å². The summed E-state index contributed by atoms with van der Waals surface area (Å²) in [6.45, 7) is 17.4. The molecule has 2 atom stereocenters. The molecule has 4 nitrogen and oxygen atoms in total. The van der Waals surface area contributed by atoms with Gasteiger partial charge in [0.25, 0.3) is 0 Å². The molecule has 0 radical (unpaired) electrons. The van der Waals surface area contributed by atoms with Crippen molar-refractivity contribution in [3.8, 4) is 0 Å². The Kier molecular flexibility index (Phi) is 5.05. The van der Waals surface area contributed by atoms with E-state index in [4.69, 9.17) is 0 Å². The molecule has 1 aromatic heterocycles. The highest BCUT2D eigenvalue weighted by atomic mass is 16.1. The van der Waals surface area contributed by atoms with E-state index >= 15 is 0 Å². The number of benzene rings is 1. The van der Waals surface area contributed by atoms with Gasteiger partial charge in [-0.2, -0.15) is 0 Å². The lowest BCUT2D eigenvalue weighted by atomic mass is 9.65. The van der Waals surface area contributed by atoms with Crippen LogP contribution in [0.4, 0.5) is 5.69 Å². The predicted molar refractivity (Wildman–Crippen MR) is 123 cm³/mol. The molecule has 0 amide bonds. The number of aromatic amines is 1. The van der Waals surface area contributed by atoms with Crippen molar-refractivity contribution in [2.45, 2.75) is 73.4 Å². The van der Waals surface area contributed by atoms with Gasteiger partial charge < -0.3 is 9.88 Å². The lowest BCUT2D eigenvalue weighted by molar-refractivity contribution is 0.126. The molecule has 2 aliphatic rings. The Morgan fingerprint density at radius 2 is 1.90 bits per heavy atom. The number of pyridine rings is 1. The van der Waals surface area contributed by atoms with E-state index in [0.717, 1.165) is 54.0 Å². The Morgan fingerprint density at radius 1 is 1.17 bits per heavy atom. The molecule has 1 aromatic carbocycles. The molecule has 158 valence electrons. The molecule has 1 N–H and O–H groups in total. The molecular weight excluding hydrogens is 358 g/mol. The van der Waals surface area contributed by atoms with Crippen molar-refractivity contribution in [1.82, 2.24) is 9.88 Å². The number of fused-ring (bicyclic) bond motifs is 3. The highest BCUT2D eigenvalue weighted by molar-refractivity contribution is 5.83. The molecule has 2 fully saturated rings. The predicted octanol–water partition coefficient (Wildman–Crippen LogP) is 5.08. The lowest BCUT2D eigenvalue weighted by Crippen LogP contribution is -2.35. The average molecular weight is 396 g/mol. The van der Waals surface area contributed by atoms with E-state index in [2.05, 4.69) is 74.5 Å². The van der Waals surface area contributed by atoms with Gasteiger partial charge in [-0.05, 0) is 69.1 Å². The number of nitrogens with one attached hydrogen (secondary N) is 1. The molecule has 2 aromatic rings. The van der Waals surface area contributed by atoms with Crippen molar-refractivity contribution in [1.29, 1.82) is 0 Å². The van der Waals surface area contributed by atoms with Crippen molar-refractivity contribution in [3.05, 3.63) is 39.7 Å². The quantitative estimate of drug-likeness (QED) is 0.767. The Hall–Kier alpha value is -1.81. The largest absolute Gasteiger partial charge is 0.372 e. The molecule has 1 aliphatic carbocycles. The highest BCUT2D eigenvalue weighted by Gasteiger charge is 2.49. The van der Waals surface area contributed by atoms with E-state index in [9.17, 15) is 4.79 Å². The maximum absolute atomic E-state index is 13.5. The number of rotatable bonds is 5. The normalized spacial score (nSPS) is 26.2. The summed E-state index contributed by atoms with van der Waals surface area (Å²) in [6.07, 6.45) is 3.79. The Balaban J connectivity index is 1.70. The van der Waals surface area contributed by atoms with Crippen LogP contribution in [0.2, 0.25) is 0 Å². The van der Waals surface area contributed by atoms with E-state index < -0.39 is 0 Å². The SMILES string of the molecule is CCN(CC)c1ccc2[nH]c(C)c(CN3C[C@]4(C)C[C@@H]3CC(C)(C)C4)c(=O)c2c1. The minimum atomic E-state index is 0.205. The number of likely N-dealkylation sites (tertiary alicyclic amines) is 1. The molecule has 2 bridgehead atoms. The van der Waals surface area contributed by atoms with Gasteiger partial charge >= 0.3 is 0 Å². The summed E-state index contributed by atoms with van der Waals surface area (Å²) in [7, 11) is 0. The van der Waals surface area contributed by atoms with Gasteiger partial charge in [-0.1, -0.05) is 20.8 Å². The zero-order chi connectivity index (χ0) is 21.0. The zero-order valence-electron chi connectivity index (χ0n) is 19.1. The Morgan fingerprint density at radius 3 is 2.59 bits per heavy atom. The van der Waals surface area contributed by atoms with Gasteiger partial charge in [-0.3, -0.25) is 9.69 Å². The lowest BCUT2D eigenvalue weighted by Gasteiger charge is -2.40. The minimum absolute atomic E-state index is 0.205. The number of anilines is 1. The molecule has 4 rings (SSSR count). The molecular formula is C25H37N3O. The van der Waals surface area contributed by atoms with Crippen LogP contribution in [0.1, 0.15) is 65.1 Å². The number of hydrogen-bond donors (Lipinski definition) is 1. The number of aromatic nitrogens is 1. The second kappa shape index (κ2) is 7.16. The van der Waals surface area contributed by atoms with E-state index in [-0.39, 0.29) is 5.43 Å². The van der Waals surface area contributed by atoms with Crippen LogP contribution >= 0.6 is 0 Å². The number of H-pyrrole nitrogens is 1. The minimum Gasteiger partial charge on any atom is -0.372 e. The fourth-order valence-corrected chi connectivity index (χ4v) is 6.38. The van der Waals surface area contributed by atoms with Crippen LogP contribution in [-0.4, -0.2) is 35.6 Å². The molecule has 1 saturated carbocycles. The van der Waals surface area contributed by atoms with Gasteiger partial charge in [0.05, 0.1) is 0 Å². The molecule has 2 heterocycles. The first kappa shape index (κ1) is 20.5. The van der Waals surface area contributed by atoms with E-state index in [1.165, 1.54) is 19.3 Å². The van der Waals surface area contributed by atoms with Gasteiger partial charge in [0, 0.05) is 60.1 Å². The van der Waals surface area contributed by atoms with Crippen LogP contribution in [0.25, 0.3) is 10.9 Å². The third-order valence-corrected chi connectivity index (χ3v) is 7.31. The van der Waals surface area contributed by atoms with Crippen molar-refractivity contribution < 1.29 is 0 Å². The third-order valence-electron chi connectivity index (χ3n) is 7.31. The second-order valence-corrected chi connectivity index (χ2v) is 10.6. The average Bonchev–Trinajstić information content (AvgIpc) is 2.88. The summed E-state index contributed by atoms with van der Waals surface area (Å²) in [5, 5.41) is 0.823. The fraction of sp³-hybridized carbons (Fsp3) is 0.640. The summed E-state index contributed by atoms with van der Waals surface area (Å²) < 4.78 is 0.